The van der Waals surface area contributed by atoms with E-state index in [-0.39, 0.29) is 16.6 Å². The molecule has 1 atom stereocenters. The number of benzene rings is 6. The third-order valence-corrected chi connectivity index (χ3v) is 14.5. The van der Waals surface area contributed by atoms with Crippen molar-refractivity contribution < 1.29 is 43.9 Å². The van der Waals surface area contributed by atoms with E-state index in [0.717, 1.165) is 27.8 Å². The summed E-state index contributed by atoms with van der Waals surface area (Å²) in [4.78, 5) is 0. The van der Waals surface area contributed by atoms with Crippen molar-refractivity contribution in [2.45, 2.75) is 40.0 Å². The first-order valence-corrected chi connectivity index (χ1v) is 21.0. The van der Waals surface area contributed by atoms with Crippen molar-refractivity contribution in [3.63, 3.8) is 0 Å². The molecule has 0 heterocycles. The molecule has 0 fully saturated rings. The second kappa shape index (κ2) is 15.9. The van der Waals surface area contributed by atoms with Crippen molar-refractivity contribution in [2.24, 2.45) is 0 Å². The summed E-state index contributed by atoms with van der Waals surface area (Å²) in [5, 5.41) is 0.582. The van der Waals surface area contributed by atoms with Crippen LogP contribution in [0.2, 0.25) is 0 Å². The van der Waals surface area contributed by atoms with Gasteiger partial charge in [0.05, 0.1) is 0 Å². The lowest BCUT2D eigenvalue weighted by molar-refractivity contribution is 0.382. The Morgan fingerprint density at radius 1 is 0.567 bits per heavy atom. The largest absolute Gasteiger partial charge is 0.257 e. The third kappa shape index (κ3) is 6.34. The van der Waals surface area contributed by atoms with Gasteiger partial charge in [0.15, 0.2) is 58.2 Å². The van der Waals surface area contributed by atoms with E-state index in [1.165, 1.54) is 6.92 Å². The number of halogens is 10. The van der Waals surface area contributed by atoms with Crippen molar-refractivity contribution in [1.82, 2.24) is 0 Å². The molecule has 0 aromatic heterocycles. The van der Waals surface area contributed by atoms with Crippen molar-refractivity contribution in [2.75, 3.05) is 12.3 Å². The van der Waals surface area contributed by atoms with E-state index in [4.69, 9.17) is 0 Å². The Balaban J connectivity index is 1.62. The van der Waals surface area contributed by atoms with Crippen LogP contribution in [0, 0.1) is 65.1 Å². The summed E-state index contributed by atoms with van der Waals surface area (Å²) < 4.78 is 157. The average Bonchev–Trinajstić information content (AvgIpc) is 3.88. The molecule has 2 aliphatic rings. The van der Waals surface area contributed by atoms with Crippen molar-refractivity contribution in [1.29, 1.82) is 0 Å². The summed E-state index contributed by atoms with van der Waals surface area (Å²) in [6.07, 6.45) is 7.31. The molecule has 0 radical (unpaired) electrons. The molecule has 6 aromatic carbocycles. The zero-order valence-electron chi connectivity index (χ0n) is 32.7. The average molecular weight is 843 g/mol. The van der Waals surface area contributed by atoms with Gasteiger partial charge in [0, 0.05) is 16.8 Å². The minimum absolute atomic E-state index is 0.0861. The first kappa shape index (κ1) is 41.3. The van der Waals surface area contributed by atoms with Gasteiger partial charge >= 0.3 is 0 Å². The van der Waals surface area contributed by atoms with Crippen LogP contribution in [0.1, 0.15) is 60.1 Å². The minimum atomic E-state index is -2.75. The number of hydrogen-bond acceptors (Lipinski definition) is 0. The lowest BCUT2D eigenvalue weighted by Crippen LogP contribution is -2.61. The maximum Gasteiger partial charge on any atom is 0.257 e. The van der Waals surface area contributed by atoms with Crippen LogP contribution < -0.4 is 21.7 Å². The van der Waals surface area contributed by atoms with E-state index in [1.807, 2.05) is 86.7 Å². The summed E-state index contributed by atoms with van der Waals surface area (Å²) >= 11 is 0. The molecule has 12 heteroatoms. The van der Waals surface area contributed by atoms with Crippen LogP contribution >= 0.6 is 7.92 Å². The van der Waals surface area contributed by atoms with E-state index in [1.54, 1.807) is 25.1 Å². The Hall–Kier alpha value is -5.41. The van der Waals surface area contributed by atoms with Crippen LogP contribution in [0.25, 0.3) is 34.4 Å². The zero-order valence-corrected chi connectivity index (χ0v) is 33.6. The molecule has 1 unspecified atom stereocenters. The summed E-state index contributed by atoms with van der Waals surface area (Å²) in [6, 6.07) is 22.3. The zero-order chi connectivity index (χ0) is 42.9. The molecule has 0 spiro atoms. The number of fused-ring (bicyclic) bond motifs is 2. The molecule has 60 heavy (non-hydrogen) atoms. The van der Waals surface area contributed by atoms with Gasteiger partial charge in [0.1, 0.15) is 0 Å². The smallest absolute Gasteiger partial charge is 0.204 e. The van der Waals surface area contributed by atoms with E-state index in [9.17, 15) is 8.78 Å². The molecule has 2 aliphatic carbocycles. The molecule has 8 rings (SSSR count). The van der Waals surface area contributed by atoms with Crippen LogP contribution in [0.4, 0.5) is 43.9 Å². The highest BCUT2D eigenvalue weighted by atomic mass is 31.1. The van der Waals surface area contributed by atoms with Gasteiger partial charge in [-0.1, -0.05) is 118 Å². The lowest BCUT2D eigenvalue weighted by Gasteiger charge is -2.33. The van der Waals surface area contributed by atoms with Crippen molar-refractivity contribution in [3.05, 3.63) is 176 Å². The van der Waals surface area contributed by atoms with Gasteiger partial charge in [-0.2, -0.15) is 0 Å². The molecule has 304 valence electrons. The SMILES string of the molecule is CCP(CC)c1cc(-c2cccc3c2C=CC3)c(C)c(B(c2c(F)c(F)c(F)c(F)c2F)c2c(F)c(F)c(F)c(F)c2F)c1C1C(C)=Cc2c(-c3ccccc3)cccc21. The second-order valence-electron chi connectivity index (χ2n) is 14.9. The highest BCUT2D eigenvalue weighted by molar-refractivity contribution is 7.65. The molecule has 0 N–H and O–H groups in total. The topological polar surface area (TPSA) is 0 Å². The van der Waals surface area contributed by atoms with Gasteiger partial charge in [-0.3, -0.25) is 0 Å². The fraction of sp³-hybridized carbons (Fsp3) is 0.167. The maximum absolute atomic E-state index is 16.5. The van der Waals surface area contributed by atoms with Crippen LogP contribution in [-0.4, -0.2) is 19.0 Å². The fourth-order valence-corrected chi connectivity index (χ4v) is 11.1. The number of rotatable bonds is 9. The number of hydrogen-bond donors (Lipinski definition) is 0. The highest BCUT2D eigenvalue weighted by Gasteiger charge is 2.45. The molecule has 0 saturated carbocycles. The maximum atomic E-state index is 16.5. The van der Waals surface area contributed by atoms with E-state index < -0.39 is 89.7 Å². The Kier molecular flexibility index (Phi) is 10.9. The lowest BCUT2D eigenvalue weighted by atomic mass is 9.34. The van der Waals surface area contributed by atoms with Crippen LogP contribution in [-0.2, 0) is 6.42 Å². The Labute approximate surface area is 342 Å². The van der Waals surface area contributed by atoms with Gasteiger partial charge < -0.3 is 0 Å². The van der Waals surface area contributed by atoms with Gasteiger partial charge in [0.2, 0.25) is 0 Å². The molecule has 0 aliphatic heterocycles. The van der Waals surface area contributed by atoms with E-state index in [2.05, 4.69) is 0 Å². The predicted molar refractivity (Wildman–Crippen MR) is 221 cm³/mol. The Bertz CT molecular complexity index is 2680. The van der Waals surface area contributed by atoms with E-state index >= 15 is 35.1 Å². The molecule has 0 saturated heterocycles. The van der Waals surface area contributed by atoms with Gasteiger partial charge in [-0.05, 0) is 99.6 Å². The number of allylic oxidation sites excluding steroid dienone is 2. The van der Waals surface area contributed by atoms with Crippen LogP contribution in [0.3, 0.4) is 0 Å². The monoisotopic (exact) mass is 842 g/mol. The second-order valence-corrected chi connectivity index (χ2v) is 17.8. The molecular weight excluding hydrogens is 808 g/mol. The van der Waals surface area contributed by atoms with Gasteiger partial charge in [-0.25, -0.2) is 43.9 Å². The fourth-order valence-electron chi connectivity index (χ4n) is 9.10. The molecule has 0 amide bonds. The minimum Gasteiger partial charge on any atom is -0.204 e. The highest BCUT2D eigenvalue weighted by Crippen LogP contribution is 2.48. The summed E-state index contributed by atoms with van der Waals surface area (Å²) in [6.45, 7) is 4.37. The molecular formula is C48H34BF10P. The normalized spacial score (nSPS) is 14.2. The van der Waals surface area contributed by atoms with Gasteiger partial charge in [-0.15, -0.1) is 0 Å². The Morgan fingerprint density at radius 3 is 1.67 bits per heavy atom. The van der Waals surface area contributed by atoms with E-state index in [0.29, 0.717) is 46.3 Å². The summed E-state index contributed by atoms with van der Waals surface area (Å²) in [5.74, 6) is -25.6. The van der Waals surface area contributed by atoms with Crippen LogP contribution in [0.5, 0.6) is 0 Å². The first-order valence-electron chi connectivity index (χ1n) is 19.3. The first-order chi connectivity index (χ1) is 28.7. The van der Waals surface area contributed by atoms with Gasteiger partial charge in [0.25, 0.3) is 6.71 Å². The Morgan fingerprint density at radius 2 is 1.10 bits per heavy atom. The quantitative estimate of drug-likeness (QED) is 0.0447. The standard InChI is InChI=1S/C48H34BF10P/c1-5-60(6-2)33-22-31(29-19-11-16-26-15-10-17-27(26)29)24(4)36(35(33)34-23(3)21-32-28(18-12-20-30(32)34)25-13-8-7-9-14-25)49(37-39(50)43(54)47(58)44(55)40(37)51)38-41(52)45(56)48(59)46(57)42(38)53/h7-14,16-22,34H,5-6,15H2,1-4H3. The molecule has 0 bridgehead atoms. The predicted octanol–water partition coefficient (Wildman–Crippen LogP) is 11.5. The summed E-state index contributed by atoms with van der Waals surface area (Å²) in [5.41, 5.74) is 2.86. The van der Waals surface area contributed by atoms with Crippen LogP contribution in [0.15, 0.2) is 84.4 Å². The van der Waals surface area contributed by atoms with Crippen molar-refractivity contribution >= 4 is 48.5 Å². The third-order valence-electron chi connectivity index (χ3n) is 11.9. The summed E-state index contributed by atoms with van der Waals surface area (Å²) in [7, 11) is -1.25. The molecule has 6 aromatic rings. The van der Waals surface area contributed by atoms with Crippen molar-refractivity contribution in [3.8, 4) is 22.3 Å². The molecule has 0 nitrogen and oxygen atoms in total.